The SMILES string of the molecule is Cn1ncc2c1C(C(=O)O)N1CC2N(OCc2ccccc2)C1=O. The second kappa shape index (κ2) is 5.34. The Balaban J connectivity index is 1.65. The molecular weight excluding hydrogens is 312 g/mol. The number of benzene rings is 1. The maximum absolute atomic E-state index is 12.6. The Morgan fingerprint density at radius 1 is 1.38 bits per heavy atom. The van der Waals surface area contributed by atoms with Crippen LogP contribution in [0.5, 0.6) is 0 Å². The lowest BCUT2D eigenvalue weighted by molar-refractivity contribution is -0.143. The van der Waals surface area contributed by atoms with Crippen LogP contribution < -0.4 is 0 Å². The van der Waals surface area contributed by atoms with E-state index in [0.717, 1.165) is 11.1 Å². The highest BCUT2D eigenvalue weighted by Gasteiger charge is 2.52. The lowest BCUT2D eigenvalue weighted by Crippen LogP contribution is -2.39. The summed E-state index contributed by atoms with van der Waals surface area (Å²) in [7, 11) is 1.68. The first-order chi connectivity index (χ1) is 11.6. The van der Waals surface area contributed by atoms with Gasteiger partial charge < -0.3 is 10.0 Å². The molecule has 0 aliphatic carbocycles. The zero-order chi connectivity index (χ0) is 16.8. The van der Waals surface area contributed by atoms with Gasteiger partial charge in [-0.15, -0.1) is 0 Å². The van der Waals surface area contributed by atoms with Gasteiger partial charge in [0, 0.05) is 12.6 Å². The highest BCUT2D eigenvalue weighted by Crippen LogP contribution is 2.43. The minimum atomic E-state index is -1.07. The zero-order valence-electron chi connectivity index (χ0n) is 13.0. The Labute approximate surface area is 137 Å². The Bertz CT molecular complexity index is 804. The standard InChI is InChI=1S/C16H16N4O4/c1-18-13-11(7-17-18)12-8-19(14(13)15(21)22)16(23)20(12)24-9-10-5-3-2-4-6-10/h2-7,12,14H,8-9H2,1H3,(H,21,22). The summed E-state index contributed by atoms with van der Waals surface area (Å²) in [6.45, 7) is 0.521. The van der Waals surface area contributed by atoms with E-state index in [0.29, 0.717) is 5.69 Å². The Hall–Kier alpha value is -2.87. The molecule has 1 fully saturated rings. The van der Waals surface area contributed by atoms with Crippen molar-refractivity contribution in [3.63, 3.8) is 0 Å². The number of amides is 2. The van der Waals surface area contributed by atoms with Crippen molar-refractivity contribution in [2.45, 2.75) is 18.7 Å². The van der Waals surface area contributed by atoms with E-state index in [2.05, 4.69) is 5.10 Å². The molecule has 124 valence electrons. The summed E-state index contributed by atoms with van der Waals surface area (Å²) in [5.74, 6) is -1.07. The van der Waals surface area contributed by atoms with Crippen LogP contribution in [0.15, 0.2) is 36.5 Å². The quantitative estimate of drug-likeness (QED) is 0.918. The Kier molecular flexibility index (Phi) is 3.27. The van der Waals surface area contributed by atoms with Crippen molar-refractivity contribution in [2.75, 3.05) is 6.54 Å². The van der Waals surface area contributed by atoms with Crippen LogP contribution in [0.2, 0.25) is 0 Å². The van der Waals surface area contributed by atoms with Gasteiger partial charge in [0.1, 0.15) is 12.6 Å². The molecule has 4 rings (SSSR count). The van der Waals surface area contributed by atoms with Gasteiger partial charge in [0.15, 0.2) is 6.04 Å². The van der Waals surface area contributed by atoms with Crippen LogP contribution in [-0.4, -0.2) is 43.4 Å². The number of hydroxylamine groups is 2. The third-order valence-electron chi connectivity index (χ3n) is 4.48. The van der Waals surface area contributed by atoms with Crippen molar-refractivity contribution >= 4 is 12.0 Å². The van der Waals surface area contributed by atoms with Crippen molar-refractivity contribution in [1.82, 2.24) is 19.7 Å². The van der Waals surface area contributed by atoms with E-state index in [1.807, 2.05) is 30.3 Å². The summed E-state index contributed by atoms with van der Waals surface area (Å²) in [6, 6.07) is 7.69. The average Bonchev–Trinajstić information content (AvgIpc) is 3.08. The molecule has 2 amide bonds. The lowest BCUT2D eigenvalue weighted by Gasteiger charge is -2.27. The predicted octanol–water partition coefficient (Wildman–Crippen LogP) is 1.47. The number of fused-ring (bicyclic) bond motifs is 4. The first kappa shape index (κ1) is 14.7. The molecule has 24 heavy (non-hydrogen) atoms. The normalized spacial score (nSPS) is 22.0. The van der Waals surface area contributed by atoms with Crippen LogP contribution in [0, 0.1) is 0 Å². The number of nitrogens with zero attached hydrogens (tertiary/aromatic N) is 4. The molecule has 0 saturated carbocycles. The molecule has 1 N–H and O–H groups in total. The maximum Gasteiger partial charge on any atom is 0.345 e. The molecule has 2 aliphatic rings. The molecule has 2 atom stereocenters. The van der Waals surface area contributed by atoms with Crippen molar-refractivity contribution in [2.24, 2.45) is 7.05 Å². The van der Waals surface area contributed by atoms with Crippen LogP contribution in [0.3, 0.4) is 0 Å². The number of aliphatic carboxylic acids is 1. The first-order valence-electron chi connectivity index (χ1n) is 7.59. The van der Waals surface area contributed by atoms with Crippen LogP contribution >= 0.6 is 0 Å². The van der Waals surface area contributed by atoms with E-state index < -0.39 is 18.0 Å². The third kappa shape index (κ3) is 2.07. The number of urea groups is 1. The number of aryl methyl sites for hydroxylation is 1. The molecule has 2 aliphatic heterocycles. The van der Waals surface area contributed by atoms with E-state index in [-0.39, 0.29) is 19.2 Å². The van der Waals surface area contributed by atoms with Gasteiger partial charge in [-0.1, -0.05) is 30.3 Å². The van der Waals surface area contributed by atoms with E-state index in [9.17, 15) is 14.7 Å². The van der Waals surface area contributed by atoms with E-state index in [1.54, 1.807) is 13.2 Å². The molecule has 1 saturated heterocycles. The molecule has 0 radical (unpaired) electrons. The highest BCUT2D eigenvalue weighted by atomic mass is 16.7. The molecule has 2 bridgehead atoms. The second-order valence-corrected chi connectivity index (χ2v) is 5.89. The fourth-order valence-corrected chi connectivity index (χ4v) is 3.36. The van der Waals surface area contributed by atoms with Gasteiger partial charge in [-0.25, -0.2) is 9.59 Å². The fourth-order valence-electron chi connectivity index (χ4n) is 3.36. The van der Waals surface area contributed by atoms with Gasteiger partial charge in [0.25, 0.3) is 0 Å². The Morgan fingerprint density at radius 3 is 2.83 bits per heavy atom. The molecule has 0 spiro atoms. The molecular formula is C16H16N4O4. The van der Waals surface area contributed by atoms with Crippen LogP contribution in [0.4, 0.5) is 4.79 Å². The number of carbonyl (C=O) groups excluding carboxylic acids is 1. The molecule has 1 aromatic carbocycles. The average molecular weight is 328 g/mol. The highest BCUT2D eigenvalue weighted by molar-refractivity contribution is 5.86. The van der Waals surface area contributed by atoms with Gasteiger partial charge in [-0.05, 0) is 5.56 Å². The number of carboxylic acid groups (broad SMARTS) is 1. The van der Waals surface area contributed by atoms with Crippen molar-refractivity contribution in [3.8, 4) is 0 Å². The van der Waals surface area contributed by atoms with Gasteiger partial charge in [0.05, 0.1) is 18.4 Å². The van der Waals surface area contributed by atoms with E-state index in [1.165, 1.54) is 14.6 Å². The molecule has 2 aromatic rings. The summed E-state index contributed by atoms with van der Waals surface area (Å²) in [6.07, 6.45) is 1.62. The number of aromatic nitrogens is 2. The first-order valence-corrected chi connectivity index (χ1v) is 7.59. The topological polar surface area (TPSA) is 87.9 Å². The van der Waals surface area contributed by atoms with Gasteiger partial charge in [0.2, 0.25) is 0 Å². The van der Waals surface area contributed by atoms with Crippen LogP contribution in [-0.2, 0) is 23.3 Å². The summed E-state index contributed by atoms with van der Waals surface area (Å²) in [5.41, 5.74) is 2.18. The predicted molar refractivity (Wildman–Crippen MR) is 81.5 cm³/mol. The van der Waals surface area contributed by atoms with Gasteiger partial charge >= 0.3 is 12.0 Å². The minimum absolute atomic E-state index is 0.240. The third-order valence-corrected chi connectivity index (χ3v) is 4.48. The van der Waals surface area contributed by atoms with Crippen molar-refractivity contribution in [1.29, 1.82) is 0 Å². The number of hydrogen-bond acceptors (Lipinski definition) is 4. The summed E-state index contributed by atoms with van der Waals surface area (Å²) < 4.78 is 1.52. The Morgan fingerprint density at radius 2 is 2.12 bits per heavy atom. The monoisotopic (exact) mass is 328 g/mol. The molecule has 2 unspecified atom stereocenters. The molecule has 8 nitrogen and oxygen atoms in total. The summed E-state index contributed by atoms with van der Waals surface area (Å²) in [5, 5.41) is 15.0. The van der Waals surface area contributed by atoms with Crippen LogP contribution in [0.1, 0.15) is 28.9 Å². The molecule has 3 heterocycles. The number of carbonyl (C=O) groups is 2. The van der Waals surface area contributed by atoms with Crippen molar-refractivity contribution in [3.05, 3.63) is 53.3 Å². The minimum Gasteiger partial charge on any atom is -0.479 e. The van der Waals surface area contributed by atoms with E-state index in [4.69, 9.17) is 4.84 Å². The molecule has 8 heteroatoms. The van der Waals surface area contributed by atoms with Gasteiger partial charge in [-0.2, -0.15) is 10.2 Å². The summed E-state index contributed by atoms with van der Waals surface area (Å²) >= 11 is 0. The zero-order valence-corrected chi connectivity index (χ0v) is 13.0. The van der Waals surface area contributed by atoms with Gasteiger partial charge in [-0.3, -0.25) is 9.52 Å². The van der Waals surface area contributed by atoms with Crippen molar-refractivity contribution < 1.29 is 19.5 Å². The maximum atomic E-state index is 12.6. The second-order valence-electron chi connectivity index (χ2n) is 5.89. The number of carboxylic acids is 1. The number of hydrogen-bond donors (Lipinski definition) is 1. The van der Waals surface area contributed by atoms with Crippen LogP contribution in [0.25, 0.3) is 0 Å². The fraction of sp³-hybridized carbons (Fsp3) is 0.312. The lowest BCUT2D eigenvalue weighted by atomic mass is 9.98. The summed E-state index contributed by atoms with van der Waals surface area (Å²) in [4.78, 5) is 31.4. The molecule has 1 aromatic heterocycles. The smallest absolute Gasteiger partial charge is 0.345 e. The largest absolute Gasteiger partial charge is 0.479 e. The number of rotatable bonds is 4. The van der Waals surface area contributed by atoms with E-state index >= 15 is 0 Å².